The molecule has 2 aliphatic heterocycles. The molecule has 0 spiro atoms. The number of likely N-dealkylation sites (tertiary alicyclic amines) is 1. The summed E-state index contributed by atoms with van der Waals surface area (Å²) in [6, 6.07) is 10.9. The highest BCUT2D eigenvalue weighted by molar-refractivity contribution is 8.01. The molecule has 1 N–H and O–H groups in total. The average Bonchev–Trinajstić information content (AvgIpc) is 3.11. The van der Waals surface area contributed by atoms with Crippen molar-refractivity contribution >= 4 is 27.7 Å². The molecule has 0 bridgehead atoms. The Kier molecular flexibility index (Phi) is 5.68. The molecule has 0 saturated carbocycles. The van der Waals surface area contributed by atoms with E-state index in [4.69, 9.17) is 0 Å². The topological polar surface area (TPSA) is 66.5 Å². The number of nitrogens with one attached hydrogen (secondary N) is 1. The van der Waals surface area contributed by atoms with Crippen molar-refractivity contribution in [3.63, 3.8) is 0 Å². The van der Waals surface area contributed by atoms with Gasteiger partial charge in [-0.2, -0.15) is 0 Å². The number of hydrogen-bond acceptors (Lipinski definition) is 4. The van der Waals surface area contributed by atoms with Gasteiger partial charge in [0.2, 0.25) is 15.9 Å². The largest absolute Gasteiger partial charge is 0.342 e. The van der Waals surface area contributed by atoms with E-state index in [-0.39, 0.29) is 22.1 Å². The van der Waals surface area contributed by atoms with Gasteiger partial charge < -0.3 is 4.90 Å². The molecule has 0 radical (unpaired) electrons. The minimum atomic E-state index is -3.69. The van der Waals surface area contributed by atoms with Gasteiger partial charge in [-0.3, -0.25) is 4.79 Å². The van der Waals surface area contributed by atoms with Crippen molar-refractivity contribution in [1.82, 2.24) is 9.62 Å². The summed E-state index contributed by atoms with van der Waals surface area (Å²) in [4.78, 5) is 16.0. The highest BCUT2D eigenvalue weighted by Gasteiger charge is 2.34. The maximum absolute atomic E-state index is 13.0. The van der Waals surface area contributed by atoms with Crippen LogP contribution in [0.15, 0.2) is 52.3 Å². The number of carbonyl (C=O) groups excluding carboxylic acids is 1. The predicted molar refractivity (Wildman–Crippen MR) is 111 cm³/mol. The first-order valence-electron chi connectivity index (χ1n) is 9.65. The summed E-state index contributed by atoms with van der Waals surface area (Å²) in [5, 5.41) is -0.0979. The molecule has 2 aromatic rings. The first-order chi connectivity index (χ1) is 13.8. The zero-order valence-corrected chi connectivity index (χ0v) is 17.7. The molecule has 1 amide bonds. The van der Waals surface area contributed by atoms with E-state index in [0.29, 0.717) is 25.9 Å². The zero-order valence-electron chi connectivity index (χ0n) is 16.1. The molecular weight excluding hydrogens is 411 g/mol. The van der Waals surface area contributed by atoms with E-state index in [0.717, 1.165) is 18.6 Å². The lowest BCUT2D eigenvalue weighted by atomic mass is 10.0. The summed E-state index contributed by atoms with van der Waals surface area (Å²) in [5.41, 5.74) is 2.42. The van der Waals surface area contributed by atoms with Gasteiger partial charge in [-0.25, -0.2) is 17.5 Å². The fraction of sp³-hybridized carbons (Fsp3) is 0.381. The highest BCUT2D eigenvalue weighted by atomic mass is 32.2. The average molecular weight is 435 g/mol. The minimum Gasteiger partial charge on any atom is -0.342 e. The Balaban J connectivity index is 1.33. The highest BCUT2D eigenvalue weighted by Crippen LogP contribution is 2.38. The third-order valence-corrected chi connectivity index (χ3v) is 8.25. The number of hydrogen-bond donors (Lipinski definition) is 1. The second-order valence-electron chi connectivity index (χ2n) is 7.60. The molecule has 1 unspecified atom stereocenters. The molecule has 2 aliphatic rings. The molecule has 0 aromatic heterocycles. The van der Waals surface area contributed by atoms with Crippen molar-refractivity contribution < 1.29 is 17.6 Å². The number of amides is 1. The van der Waals surface area contributed by atoms with Crippen LogP contribution in [0.5, 0.6) is 0 Å². The quantitative estimate of drug-likeness (QED) is 0.803. The van der Waals surface area contributed by atoms with Crippen LogP contribution in [0, 0.1) is 12.7 Å². The normalized spacial score (nSPS) is 19.9. The molecule has 154 valence electrons. The molecule has 4 rings (SSSR count). The van der Waals surface area contributed by atoms with Gasteiger partial charge in [-0.05, 0) is 62.1 Å². The van der Waals surface area contributed by atoms with Gasteiger partial charge in [0.05, 0.1) is 10.1 Å². The molecule has 1 atom stereocenters. The number of aryl methyl sites for hydroxylation is 1. The van der Waals surface area contributed by atoms with Gasteiger partial charge in [0.25, 0.3) is 0 Å². The number of halogens is 1. The van der Waals surface area contributed by atoms with Crippen molar-refractivity contribution in [1.29, 1.82) is 0 Å². The molecule has 0 aliphatic carbocycles. The molecule has 2 heterocycles. The van der Waals surface area contributed by atoms with Crippen LogP contribution in [0.2, 0.25) is 0 Å². The Labute approximate surface area is 174 Å². The third kappa shape index (κ3) is 4.49. The Morgan fingerprint density at radius 1 is 1.14 bits per heavy atom. The maximum Gasteiger partial charge on any atom is 0.240 e. The number of rotatable bonds is 4. The second kappa shape index (κ2) is 8.08. The van der Waals surface area contributed by atoms with E-state index in [1.54, 1.807) is 11.8 Å². The molecule has 1 fully saturated rings. The number of benzene rings is 2. The summed E-state index contributed by atoms with van der Waals surface area (Å²) < 4.78 is 40.7. The number of thioether (sulfide) groups is 1. The molecule has 5 nitrogen and oxygen atoms in total. The van der Waals surface area contributed by atoms with Gasteiger partial charge >= 0.3 is 0 Å². The van der Waals surface area contributed by atoms with Gasteiger partial charge in [0.15, 0.2) is 0 Å². The lowest BCUT2D eigenvalue weighted by molar-refractivity contribution is -0.131. The van der Waals surface area contributed by atoms with Crippen molar-refractivity contribution in [2.24, 2.45) is 0 Å². The number of sulfonamides is 1. The molecule has 2 aromatic carbocycles. The number of nitrogens with zero attached hydrogens (tertiary/aromatic N) is 1. The van der Waals surface area contributed by atoms with Gasteiger partial charge in [-0.1, -0.05) is 17.7 Å². The Morgan fingerprint density at radius 3 is 2.52 bits per heavy atom. The molecule has 29 heavy (non-hydrogen) atoms. The summed E-state index contributed by atoms with van der Waals surface area (Å²) in [7, 11) is -3.69. The number of carbonyl (C=O) groups is 1. The smallest absolute Gasteiger partial charge is 0.240 e. The number of fused-ring (bicyclic) bond motifs is 1. The predicted octanol–water partition coefficient (Wildman–Crippen LogP) is 3.12. The standard InChI is InChI=1S/C21H23FN2O3S2/c1-14-2-3-15-13-20(28-19(15)12-14)21(25)24-10-8-17(9-11-24)23-29(26,27)18-6-4-16(22)5-7-18/h2-7,12,17,20,23H,8-11,13H2,1H3. The first kappa shape index (κ1) is 20.4. The first-order valence-corrected chi connectivity index (χ1v) is 12.0. The molecule has 8 heteroatoms. The van der Waals surface area contributed by atoms with Crippen LogP contribution < -0.4 is 4.72 Å². The van der Waals surface area contributed by atoms with Crippen LogP contribution in [0.4, 0.5) is 4.39 Å². The maximum atomic E-state index is 13.0. The fourth-order valence-electron chi connectivity index (χ4n) is 3.80. The van der Waals surface area contributed by atoms with Crippen molar-refractivity contribution in [3.8, 4) is 0 Å². The second-order valence-corrected chi connectivity index (χ2v) is 10.6. The Hall–Kier alpha value is -1.90. The van der Waals surface area contributed by atoms with Gasteiger partial charge in [0.1, 0.15) is 5.82 Å². The summed E-state index contributed by atoms with van der Waals surface area (Å²) in [5.74, 6) is -0.346. The Bertz CT molecular complexity index is 1020. The summed E-state index contributed by atoms with van der Waals surface area (Å²) in [6.45, 7) is 3.11. The van der Waals surface area contributed by atoms with Gasteiger partial charge in [-0.15, -0.1) is 11.8 Å². The van der Waals surface area contributed by atoms with Crippen LogP contribution in [-0.2, 0) is 21.2 Å². The van der Waals surface area contributed by atoms with E-state index >= 15 is 0 Å². The van der Waals surface area contributed by atoms with Crippen LogP contribution in [-0.4, -0.2) is 43.6 Å². The lowest BCUT2D eigenvalue weighted by Crippen LogP contribution is -2.48. The Morgan fingerprint density at radius 2 is 1.83 bits per heavy atom. The van der Waals surface area contributed by atoms with E-state index < -0.39 is 15.8 Å². The summed E-state index contributed by atoms with van der Waals surface area (Å²) in [6.07, 6.45) is 1.88. The van der Waals surface area contributed by atoms with E-state index in [1.165, 1.54) is 28.2 Å². The minimum absolute atomic E-state index is 0.0489. The van der Waals surface area contributed by atoms with Crippen LogP contribution in [0.3, 0.4) is 0 Å². The van der Waals surface area contributed by atoms with E-state index in [1.807, 2.05) is 11.8 Å². The number of piperidine rings is 1. The van der Waals surface area contributed by atoms with Crippen LogP contribution in [0.25, 0.3) is 0 Å². The molecular formula is C21H23FN2O3S2. The van der Waals surface area contributed by atoms with Crippen molar-refractivity contribution in [2.45, 2.75) is 47.3 Å². The fourth-order valence-corrected chi connectivity index (χ4v) is 6.48. The van der Waals surface area contributed by atoms with E-state index in [2.05, 4.69) is 22.9 Å². The van der Waals surface area contributed by atoms with Crippen molar-refractivity contribution in [2.75, 3.05) is 13.1 Å². The monoisotopic (exact) mass is 434 g/mol. The lowest BCUT2D eigenvalue weighted by Gasteiger charge is -2.33. The summed E-state index contributed by atoms with van der Waals surface area (Å²) >= 11 is 1.63. The van der Waals surface area contributed by atoms with Crippen LogP contribution in [0.1, 0.15) is 24.0 Å². The van der Waals surface area contributed by atoms with Crippen molar-refractivity contribution in [3.05, 3.63) is 59.4 Å². The van der Waals surface area contributed by atoms with Gasteiger partial charge in [0, 0.05) is 24.0 Å². The molecule has 1 saturated heterocycles. The SMILES string of the molecule is Cc1ccc2c(c1)SC(C(=O)N1CCC(NS(=O)(=O)c3ccc(F)cc3)CC1)C2. The van der Waals surface area contributed by atoms with Crippen LogP contribution >= 0.6 is 11.8 Å². The zero-order chi connectivity index (χ0) is 20.6. The van der Waals surface area contributed by atoms with E-state index in [9.17, 15) is 17.6 Å². The third-order valence-electron chi connectivity index (χ3n) is 5.43.